The molecule has 2 N–H and O–H groups in total. The van der Waals surface area contributed by atoms with Gasteiger partial charge in [-0.25, -0.2) is 0 Å². The van der Waals surface area contributed by atoms with Gasteiger partial charge < -0.3 is 10.3 Å². The van der Waals surface area contributed by atoms with E-state index in [0.29, 0.717) is 17.7 Å². The summed E-state index contributed by atoms with van der Waals surface area (Å²) in [7, 11) is 0. The standard InChI is InChI=1S/C18H23F3N4O/c1-10-8-25(9-11(2)15(10)22)12(3)17-23-16(24-26-17)13-5-4-6-14(7-13)18(19,20)21/h4-7,10-12,15H,8-9,22H2,1-3H3. The summed E-state index contributed by atoms with van der Waals surface area (Å²) in [5, 5.41) is 3.87. The van der Waals surface area contributed by atoms with E-state index >= 15 is 0 Å². The quantitative estimate of drug-likeness (QED) is 0.894. The molecule has 1 fully saturated rings. The van der Waals surface area contributed by atoms with Crippen LogP contribution in [0, 0.1) is 11.8 Å². The molecular formula is C18H23F3N4O. The van der Waals surface area contributed by atoms with Crippen LogP contribution in [0.2, 0.25) is 0 Å². The van der Waals surface area contributed by atoms with Crippen molar-refractivity contribution in [3.8, 4) is 11.4 Å². The molecule has 0 saturated carbocycles. The molecule has 2 heterocycles. The van der Waals surface area contributed by atoms with Gasteiger partial charge >= 0.3 is 6.18 Å². The lowest BCUT2D eigenvalue weighted by atomic mass is 9.86. The lowest BCUT2D eigenvalue weighted by Crippen LogP contribution is -2.51. The minimum atomic E-state index is -4.41. The smallest absolute Gasteiger partial charge is 0.337 e. The van der Waals surface area contributed by atoms with Crippen molar-refractivity contribution in [1.29, 1.82) is 0 Å². The van der Waals surface area contributed by atoms with Crippen LogP contribution >= 0.6 is 0 Å². The molecular weight excluding hydrogens is 345 g/mol. The third kappa shape index (κ3) is 3.76. The number of hydrogen-bond donors (Lipinski definition) is 1. The van der Waals surface area contributed by atoms with E-state index in [4.69, 9.17) is 10.3 Å². The molecule has 3 rings (SSSR count). The fraction of sp³-hybridized carbons (Fsp3) is 0.556. The van der Waals surface area contributed by atoms with Crippen molar-refractivity contribution in [1.82, 2.24) is 15.0 Å². The predicted octanol–water partition coefficient (Wildman–Crippen LogP) is 3.73. The molecule has 1 saturated heterocycles. The Labute approximate surface area is 150 Å². The van der Waals surface area contributed by atoms with E-state index in [2.05, 4.69) is 28.9 Å². The average Bonchev–Trinajstić information content (AvgIpc) is 3.08. The van der Waals surface area contributed by atoms with E-state index in [1.54, 1.807) is 6.07 Å². The number of alkyl halides is 3. The third-order valence-corrected chi connectivity index (χ3v) is 5.15. The van der Waals surface area contributed by atoms with Crippen molar-refractivity contribution in [3.05, 3.63) is 35.7 Å². The van der Waals surface area contributed by atoms with Crippen molar-refractivity contribution < 1.29 is 17.7 Å². The third-order valence-electron chi connectivity index (χ3n) is 5.15. The highest BCUT2D eigenvalue weighted by atomic mass is 19.4. The first-order chi connectivity index (χ1) is 12.2. The van der Waals surface area contributed by atoms with E-state index < -0.39 is 11.7 Å². The van der Waals surface area contributed by atoms with Gasteiger partial charge in [0.2, 0.25) is 11.7 Å². The van der Waals surface area contributed by atoms with E-state index in [0.717, 1.165) is 25.2 Å². The number of rotatable bonds is 3. The van der Waals surface area contributed by atoms with Crippen molar-refractivity contribution >= 4 is 0 Å². The molecule has 0 radical (unpaired) electrons. The first kappa shape index (κ1) is 18.8. The van der Waals surface area contributed by atoms with Crippen LogP contribution in [0.5, 0.6) is 0 Å². The van der Waals surface area contributed by atoms with Gasteiger partial charge in [0.25, 0.3) is 0 Å². The second kappa shape index (κ2) is 7.00. The van der Waals surface area contributed by atoms with Crippen LogP contribution in [0.3, 0.4) is 0 Å². The molecule has 8 heteroatoms. The normalized spacial score (nSPS) is 26.0. The van der Waals surface area contributed by atoms with E-state index in [-0.39, 0.29) is 23.5 Å². The predicted molar refractivity (Wildman–Crippen MR) is 91.0 cm³/mol. The van der Waals surface area contributed by atoms with Crippen molar-refractivity contribution in [2.45, 2.75) is 39.0 Å². The molecule has 1 aromatic carbocycles. The fourth-order valence-corrected chi connectivity index (χ4v) is 3.45. The first-order valence-electron chi connectivity index (χ1n) is 8.67. The van der Waals surface area contributed by atoms with Gasteiger partial charge in [0.1, 0.15) is 0 Å². The summed E-state index contributed by atoms with van der Waals surface area (Å²) in [6, 6.07) is 4.96. The van der Waals surface area contributed by atoms with Crippen LogP contribution in [0.25, 0.3) is 11.4 Å². The minimum absolute atomic E-state index is 0.126. The van der Waals surface area contributed by atoms with Gasteiger partial charge in [-0.3, -0.25) is 4.90 Å². The summed E-state index contributed by atoms with van der Waals surface area (Å²) < 4.78 is 44.0. The average molecular weight is 368 g/mol. The van der Waals surface area contributed by atoms with Crippen LogP contribution < -0.4 is 5.73 Å². The summed E-state index contributed by atoms with van der Waals surface area (Å²) in [5.41, 5.74) is 5.73. The highest BCUT2D eigenvalue weighted by Gasteiger charge is 2.34. The Balaban J connectivity index is 1.80. The van der Waals surface area contributed by atoms with Gasteiger partial charge in [-0.15, -0.1) is 0 Å². The monoisotopic (exact) mass is 368 g/mol. The van der Waals surface area contributed by atoms with Crippen molar-refractivity contribution in [2.75, 3.05) is 13.1 Å². The van der Waals surface area contributed by atoms with Crippen molar-refractivity contribution in [3.63, 3.8) is 0 Å². The lowest BCUT2D eigenvalue weighted by Gasteiger charge is -2.41. The summed E-state index contributed by atoms with van der Waals surface area (Å²) in [4.78, 5) is 6.55. The van der Waals surface area contributed by atoms with Gasteiger partial charge in [-0.2, -0.15) is 18.2 Å². The summed E-state index contributed by atoms with van der Waals surface area (Å²) in [6.45, 7) is 7.81. The number of piperidine rings is 1. The maximum absolute atomic E-state index is 12.9. The Hall–Kier alpha value is -1.93. The van der Waals surface area contributed by atoms with Gasteiger partial charge in [0, 0.05) is 24.7 Å². The molecule has 5 nitrogen and oxygen atoms in total. The fourth-order valence-electron chi connectivity index (χ4n) is 3.45. The zero-order valence-corrected chi connectivity index (χ0v) is 15.0. The lowest BCUT2D eigenvalue weighted by molar-refractivity contribution is -0.137. The molecule has 0 aliphatic carbocycles. The van der Waals surface area contributed by atoms with Gasteiger partial charge in [0.05, 0.1) is 11.6 Å². The molecule has 1 aliphatic rings. The van der Waals surface area contributed by atoms with E-state index in [1.807, 2.05) is 6.92 Å². The maximum atomic E-state index is 12.9. The number of nitrogens with two attached hydrogens (primary N) is 1. The molecule has 3 atom stereocenters. The zero-order chi connectivity index (χ0) is 19.1. The van der Waals surface area contributed by atoms with Crippen LogP contribution in [0.4, 0.5) is 13.2 Å². The maximum Gasteiger partial charge on any atom is 0.416 e. The number of nitrogens with zero attached hydrogens (tertiary/aromatic N) is 3. The highest BCUT2D eigenvalue weighted by molar-refractivity contribution is 5.55. The zero-order valence-electron chi connectivity index (χ0n) is 15.0. The Morgan fingerprint density at radius 1 is 1.23 bits per heavy atom. The summed E-state index contributed by atoms with van der Waals surface area (Å²) in [6.07, 6.45) is -4.41. The second-order valence-corrected chi connectivity index (χ2v) is 7.20. The number of hydrogen-bond acceptors (Lipinski definition) is 5. The molecule has 3 unspecified atom stereocenters. The van der Waals surface area contributed by atoms with Crippen molar-refractivity contribution in [2.24, 2.45) is 17.6 Å². The molecule has 0 amide bonds. The van der Waals surface area contributed by atoms with E-state index in [9.17, 15) is 13.2 Å². The van der Waals surface area contributed by atoms with Crippen LogP contribution in [0.15, 0.2) is 28.8 Å². The second-order valence-electron chi connectivity index (χ2n) is 7.20. The number of aromatic nitrogens is 2. The van der Waals surface area contributed by atoms with E-state index in [1.165, 1.54) is 6.07 Å². The van der Waals surface area contributed by atoms with Crippen LogP contribution in [-0.4, -0.2) is 34.2 Å². The van der Waals surface area contributed by atoms with Gasteiger partial charge in [0.15, 0.2) is 0 Å². The SMILES string of the molecule is CC1CN(C(C)c2nc(-c3cccc(C(F)(F)F)c3)no2)CC(C)C1N. The summed E-state index contributed by atoms with van der Waals surface area (Å²) >= 11 is 0. The Bertz CT molecular complexity index is 749. The number of halogens is 3. The Kier molecular flexibility index (Phi) is 5.07. The molecule has 2 aromatic rings. The molecule has 0 bridgehead atoms. The van der Waals surface area contributed by atoms with Crippen LogP contribution in [0.1, 0.15) is 38.3 Å². The van der Waals surface area contributed by atoms with Gasteiger partial charge in [-0.1, -0.05) is 31.1 Å². The Morgan fingerprint density at radius 2 is 1.88 bits per heavy atom. The molecule has 0 spiro atoms. The molecule has 1 aliphatic heterocycles. The number of benzene rings is 1. The topological polar surface area (TPSA) is 68.2 Å². The Morgan fingerprint density at radius 3 is 2.50 bits per heavy atom. The van der Waals surface area contributed by atoms with Gasteiger partial charge in [-0.05, 0) is 30.9 Å². The molecule has 142 valence electrons. The first-order valence-corrected chi connectivity index (χ1v) is 8.67. The number of likely N-dealkylation sites (tertiary alicyclic amines) is 1. The van der Waals surface area contributed by atoms with Crippen LogP contribution in [-0.2, 0) is 6.18 Å². The minimum Gasteiger partial charge on any atom is -0.337 e. The molecule has 1 aromatic heterocycles. The highest BCUT2D eigenvalue weighted by Crippen LogP contribution is 2.32. The largest absolute Gasteiger partial charge is 0.416 e. The molecule has 26 heavy (non-hydrogen) atoms. The summed E-state index contributed by atoms with van der Waals surface area (Å²) in [5.74, 6) is 1.24.